The van der Waals surface area contributed by atoms with Crippen LogP contribution in [0.5, 0.6) is 17.2 Å². The number of para-hydroxylation sites is 1. The number of hydrogen-bond acceptors (Lipinski definition) is 5. The number of aryl methyl sites for hydroxylation is 1. The van der Waals surface area contributed by atoms with Gasteiger partial charge in [-0.05, 0) is 47.7 Å². The Morgan fingerprint density at radius 3 is 2.49 bits per heavy atom. The first-order valence-corrected chi connectivity index (χ1v) is 13.7. The number of aliphatic hydroxyl groups is 1. The van der Waals surface area contributed by atoms with Gasteiger partial charge in [-0.1, -0.05) is 48.5 Å². The number of methoxy groups -OCH3 is 3. The Morgan fingerprint density at radius 2 is 1.76 bits per heavy atom. The van der Waals surface area contributed by atoms with Crippen molar-refractivity contribution in [3.8, 4) is 39.8 Å². The zero-order chi connectivity index (χ0) is 28.5. The third-order valence-electron chi connectivity index (χ3n) is 7.86. The minimum atomic E-state index is -0.464. The second-order valence-electron chi connectivity index (χ2n) is 10.2. The molecule has 0 radical (unpaired) electrons. The molecule has 0 bridgehead atoms. The lowest BCUT2D eigenvalue weighted by Crippen LogP contribution is -2.39. The smallest absolute Gasteiger partial charge is 0.253 e. The van der Waals surface area contributed by atoms with E-state index in [-0.39, 0.29) is 12.5 Å². The van der Waals surface area contributed by atoms with Gasteiger partial charge in [0.2, 0.25) is 5.75 Å². The topological polar surface area (TPSA) is 97.7 Å². The van der Waals surface area contributed by atoms with Gasteiger partial charge < -0.3 is 34.2 Å². The SMILES string of the molecule is COc1cc2c(c(OC)c1OC)-c1cc(C(=O)NC(CO)Cc3c[nH]c4ccccc34)c(-c3ccccc3)n1CC2. The van der Waals surface area contributed by atoms with Gasteiger partial charge in [-0.2, -0.15) is 0 Å². The summed E-state index contributed by atoms with van der Waals surface area (Å²) in [5.41, 5.74) is 7.16. The molecule has 3 aromatic carbocycles. The van der Waals surface area contributed by atoms with Gasteiger partial charge in [0.1, 0.15) is 0 Å². The largest absolute Gasteiger partial charge is 0.493 e. The molecule has 1 amide bonds. The number of rotatable bonds is 9. The number of ether oxygens (including phenoxy) is 3. The average Bonchev–Trinajstić information content (AvgIpc) is 3.61. The number of fused-ring (bicyclic) bond motifs is 4. The highest BCUT2D eigenvalue weighted by atomic mass is 16.5. The number of benzene rings is 3. The van der Waals surface area contributed by atoms with E-state index in [4.69, 9.17) is 14.2 Å². The van der Waals surface area contributed by atoms with Crippen molar-refractivity contribution in [2.24, 2.45) is 0 Å². The molecule has 8 nitrogen and oxygen atoms in total. The molecule has 8 heteroatoms. The van der Waals surface area contributed by atoms with Crippen LogP contribution in [0.3, 0.4) is 0 Å². The first kappa shape index (κ1) is 26.5. The van der Waals surface area contributed by atoms with Gasteiger partial charge in [0.25, 0.3) is 5.91 Å². The first-order chi connectivity index (χ1) is 20.1. The monoisotopic (exact) mass is 551 g/mol. The van der Waals surface area contributed by atoms with Crippen LogP contribution in [-0.2, 0) is 19.4 Å². The Hall–Kier alpha value is -4.69. The van der Waals surface area contributed by atoms with E-state index < -0.39 is 6.04 Å². The molecular formula is C33H33N3O5. The average molecular weight is 552 g/mol. The molecule has 41 heavy (non-hydrogen) atoms. The van der Waals surface area contributed by atoms with Crippen molar-refractivity contribution in [2.75, 3.05) is 27.9 Å². The van der Waals surface area contributed by atoms with Crippen molar-refractivity contribution in [1.29, 1.82) is 0 Å². The standard InChI is InChI=1S/C33H33N3O5/c1-39-28-16-21-13-14-36-27(29(21)32(41-3)31(28)40-2)17-25(30(36)20-9-5-4-6-10-20)33(38)35-23(19-37)15-22-18-34-26-12-8-7-11-24(22)26/h4-12,16-18,23,34,37H,13-15,19H2,1-3H3,(H,35,38). The molecule has 0 spiro atoms. The summed E-state index contributed by atoms with van der Waals surface area (Å²) in [7, 11) is 4.81. The van der Waals surface area contributed by atoms with E-state index >= 15 is 0 Å². The predicted octanol–water partition coefficient (Wildman–Crippen LogP) is 5.22. The highest BCUT2D eigenvalue weighted by molar-refractivity contribution is 6.03. The molecule has 0 saturated carbocycles. The van der Waals surface area contributed by atoms with Crippen molar-refractivity contribution in [3.05, 3.63) is 89.6 Å². The number of aliphatic hydroxyl groups excluding tert-OH is 1. The number of nitrogens with one attached hydrogen (secondary N) is 2. The van der Waals surface area contributed by atoms with E-state index in [1.165, 1.54) is 0 Å². The van der Waals surface area contributed by atoms with Crippen LogP contribution < -0.4 is 19.5 Å². The summed E-state index contributed by atoms with van der Waals surface area (Å²) >= 11 is 0. The molecule has 1 aliphatic rings. The van der Waals surface area contributed by atoms with E-state index in [1.807, 2.05) is 72.9 Å². The summed E-state index contributed by atoms with van der Waals surface area (Å²) in [6.07, 6.45) is 3.17. The minimum absolute atomic E-state index is 0.187. The number of hydrogen-bond donors (Lipinski definition) is 3. The van der Waals surface area contributed by atoms with E-state index in [2.05, 4.69) is 14.9 Å². The second kappa shape index (κ2) is 11.1. The van der Waals surface area contributed by atoms with Crippen molar-refractivity contribution in [1.82, 2.24) is 14.9 Å². The van der Waals surface area contributed by atoms with Crippen LogP contribution in [0.1, 0.15) is 21.5 Å². The molecule has 5 aromatic rings. The van der Waals surface area contributed by atoms with Gasteiger partial charge in [-0.15, -0.1) is 0 Å². The van der Waals surface area contributed by atoms with E-state index in [0.717, 1.165) is 51.0 Å². The number of H-pyrrole nitrogens is 1. The Bertz CT molecular complexity index is 1720. The van der Waals surface area contributed by atoms with Crippen LogP contribution in [0.15, 0.2) is 72.9 Å². The number of amides is 1. The molecule has 2 aromatic heterocycles. The van der Waals surface area contributed by atoms with Gasteiger partial charge in [0, 0.05) is 29.2 Å². The highest BCUT2D eigenvalue weighted by Gasteiger charge is 2.31. The Morgan fingerprint density at radius 1 is 1.00 bits per heavy atom. The van der Waals surface area contributed by atoms with E-state index in [0.29, 0.717) is 35.8 Å². The van der Waals surface area contributed by atoms with Crippen LogP contribution in [0, 0.1) is 0 Å². The number of nitrogens with zero attached hydrogens (tertiary/aromatic N) is 1. The van der Waals surface area contributed by atoms with Crippen LogP contribution in [0.4, 0.5) is 0 Å². The molecule has 3 heterocycles. The van der Waals surface area contributed by atoms with Crippen LogP contribution in [0.2, 0.25) is 0 Å². The molecule has 6 rings (SSSR count). The summed E-state index contributed by atoms with van der Waals surface area (Å²) in [4.78, 5) is 17.3. The third-order valence-corrected chi connectivity index (χ3v) is 7.86. The normalized spacial score (nSPS) is 12.9. The van der Waals surface area contributed by atoms with Gasteiger partial charge in [-0.25, -0.2) is 0 Å². The lowest BCUT2D eigenvalue weighted by Gasteiger charge is -2.25. The maximum Gasteiger partial charge on any atom is 0.253 e. The van der Waals surface area contributed by atoms with Gasteiger partial charge in [-0.3, -0.25) is 4.79 Å². The number of carbonyl (C=O) groups excluding carboxylic acids is 1. The van der Waals surface area contributed by atoms with Gasteiger partial charge in [0.15, 0.2) is 11.5 Å². The quantitative estimate of drug-likeness (QED) is 0.233. The fraction of sp³-hybridized carbons (Fsp3) is 0.242. The second-order valence-corrected chi connectivity index (χ2v) is 10.2. The fourth-order valence-electron chi connectivity index (χ4n) is 5.98. The van der Waals surface area contributed by atoms with Crippen LogP contribution in [0.25, 0.3) is 33.4 Å². The van der Waals surface area contributed by atoms with Crippen LogP contribution >= 0.6 is 0 Å². The minimum Gasteiger partial charge on any atom is -0.493 e. The molecule has 0 saturated heterocycles. The maximum absolute atomic E-state index is 14.0. The molecular weight excluding hydrogens is 518 g/mol. The maximum atomic E-state index is 14.0. The molecule has 3 N–H and O–H groups in total. The number of aromatic amines is 1. The van der Waals surface area contributed by atoms with Crippen molar-refractivity contribution >= 4 is 16.8 Å². The fourth-order valence-corrected chi connectivity index (χ4v) is 5.98. The Labute approximate surface area is 238 Å². The van der Waals surface area contributed by atoms with Crippen LogP contribution in [-0.4, -0.2) is 54.5 Å². The highest BCUT2D eigenvalue weighted by Crippen LogP contribution is 2.50. The predicted molar refractivity (Wildman–Crippen MR) is 159 cm³/mol. The lowest BCUT2D eigenvalue weighted by atomic mass is 9.96. The van der Waals surface area contributed by atoms with Crippen molar-refractivity contribution in [2.45, 2.75) is 25.4 Å². The lowest BCUT2D eigenvalue weighted by molar-refractivity contribution is 0.0917. The summed E-state index contributed by atoms with van der Waals surface area (Å²) < 4.78 is 19.3. The van der Waals surface area contributed by atoms with E-state index in [1.54, 1.807) is 21.3 Å². The summed E-state index contributed by atoms with van der Waals surface area (Å²) in [6, 6.07) is 21.4. The van der Waals surface area contributed by atoms with Crippen molar-refractivity contribution < 1.29 is 24.1 Å². The van der Waals surface area contributed by atoms with Gasteiger partial charge in [0.05, 0.1) is 50.9 Å². The summed E-state index contributed by atoms with van der Waals surface area (Å²) in [5.74, 6) is 1.44. The van der Waals surface area contributed by atoms with Crippen molar-refractivity contribution in [3.63, 3.8) is 0 Å². The molecule has 210 valence electrons. The molecule has 1 unspecified atom stereocenters. The van der Waals surface area contributed by atoms with Gasteiger partial charge >= 0.3 is 0 Å². The first-order valence-electron chi connectivity index (χ1n) is 13.7. The number of aromatic nitrogens is 2. The summed E-state index contributed by atoms with van der Waals surface area (Å²) in [6.45, 7) is 0.490. The molecule has 1 aliphatic heterocycles. The third kappa shape index (κ3) is 4.60. The summed E-state index contributed by atoms with van der Waals surface area (Å²) in [5, 5.41) is 14.5. The zero-order valence-electron chi connectivity index (χ0n) is 23.4. The number of carbonyl (C=O) groups is 1. The Kier molecular flexibility index (Phi) is 7.15. The molecule has 0 fully saturated rings. The zero-order valence-corrected chi connectivity index (χ0v) is 23.4. The Balaban J connectivity index is 1.43. The molecule has 0 aliphatic carbocycles. The van der Waals surface area contributed by atoms with E-state index in [9.17, 15) is 9.90 Å². The molecule has 1 atom stereocenters.